The summed E-state index contributed by atoms with van der Waals surface area (Å²) in [6.45, 7) is 4.74. The second-order valence-corrected chi connectivity index (χ2v) is 8.15. The number of nitrogens with zero attached hydrogens (tertiary/aromatic N) is 6. The van der Waals surface area contributed by atoms with E-state index in [0.29, 0.717) is 24.6 Å². The van der Waals surface area contributed by atoms with Crippen molar-refractivity contribution in [3.05, 3.63) is 71.8 Å². The molecular weight excluding hydrogens is 442 g/mol. The molecule has 0 saturated heterocycles. The van der Waals surface area contributed by atoms with Crippen LogP contribution in [0.25, 0.3) is 28.6 Å². The van der Waals surface area contributed by atoms with E-state index in [4.69, 9.17) is 19.6 Å². The fraction of sp³-hybridized carbons (Fsp3) is 0.346. The van der Waals surface area contributed by atoms with Crippen LogP contribution in [-0.4, -0.2) is 49.6 Å². The largest absolute Gasteiger partial charge is 0.347 e. The molecule has 4 aromatic rings. The van der Waals surface area contributed by atoms with Crippen LogP contribution in [0.2, 0.25) is 0 Å². The van der Waals surface area contributed by atoms with Crippen molar-refractivity contribution in [1.29, 1.82) is 0 Å². The lowest BCUT2D eigenvalue weighted by Gasteiger charge is -2.27. The van der Waals surface area contributed by atoms with Gasteiger partial charge in [0.15, 0.2) is 5.82 Å². The molecule has 0 spiro atoms. The quantitative estimate of drug-likeness (QED) is 0.311. The van der Waals surface area contributed by atoms with Crippen molar-refractivity contribution in [2.24, 2.45) is 0 Å². The maximum absolute atomic E-state index is 5.74. The van der Waals surface area contributed by atoms with E-state index >= 15 is 0 Å². The van der Waals surface area contributed by atoms with Crippen LogP contribution in [0.3, 0.4) is 0 Å². The molecule has 0 bridgehead atoms. The van der Waals surface area contributed by atoms with Gasteiger partial charge in [0.05, 0.1) is 6.54 Å². The van der Waals surface area contributed by atoms with Gasteiger partial charge in [-0.25, -0.2) is 9.67 Å². The molecule has 0 aliphatic carbocycles. The van der Waals surface area contributed by atoms with Crippen LogP contribution in [0.15, 0.2) is 54.6 Å². The molecule has 0 fully saturated rings. The third kappa shape index (κ3) is 5.21. The predicted molar refractivity (Wildman–Crippen MR) is 134 cm³/mol. The van der Waals surface area contributed by atoms with Crippen molar-refractivity contribution in [2.45, 2.75) is 45.4 Å². The first-order chi connectivity index (χ1) is 17.1. The molecule has 9 heteroatoms. The summed E-state index contributed by atoms with van der Waals surface area (Å²) < 4.78 is 13.4. The van der Waals surface area contributed by atoms with E-state index in [-0.39, 0.29) is 0 Å². The van der Waals surface area contributed by atoms with Gasteiger partial charge in [0.2, 0.25) is 17.4 Å². The molecule has 9 nitrogen and oxygen atoms in total. The lowest BCUT2D eigenvalue weighted by molar-refractivity contribution is -0.225. The highest BCUT2D eigenvalue weighted by atomic mass is 16.7. The second-order valence-electron chi connectivity index (χ2n) is 8.15. The molecule has 0 aliphatic rings. The topological polar surface area (TPSA) is 104 Å². The van der Waals surface area contributed by atoms with E-state index in [1.807, 2.05) is 29.0 Å². The number of hydrogen-bond acceptors (Lipinski definition) is 7. The van der Waals surface area contributed by atoms with Gasteiger partial charge in [0, 0.05) is 26.2 Å². The van der Waals surface area contributed by atoms with E-state index in [1.54, 1.807) is 14.2 Å². The molecule has 2 aromatic carbocycles. The molecule has 2 aromatic heterocycles. The normalized spacial score (nSPS) is 12.0. The summed E-state index contributed by atoms with van der Waals surface area (Å²) in [6, 6.07) is 16.4. The Morgan fingerprint density at radius 2 is 1.74 bits per heavy atom. The summed E-state index contributed by atoms with van der Waals surface area (Å²) in [4.78, 5) is 4.77. The Morgan fingerprint density at radius 1 is 1.00 bits per heavy atom. The highest BCUT2D eigenvalue weighted by molar-refractivity contribution is 5.80. The number of methoxy groups -OCH3 is 2. The number of aromatic amines is 1. The average molecular weight is 474 g/mol. The van der Waals surface area contributed by atoms with Crippen molar-refractivity contribution in [2.75, 3.05) is 14.2 Å². The summed E-state index contributed by atoms with van der Waals surface area (Å²) in [6.07, 6.45) is 6.52. The Morgan fingerprint density at radius 3 is 2.37 bits per heavy atom. The molecule has 2 heterocycles. The monoisotopic (exact) mass is 473 g/mol. The number of tetrazole rings is 1. The van der Waals surface area contributed by atoms with Crippen molar-refractivity contribution >= 4 is 6.08 Å². The minimum absolute atomic E-state index is 0.533. The van der Waals surface area contributed by atoms with Crippen molar-refractivity contribution in [3.63, 3.8) is 0 Å². The van der Waals surface area contributed by atoms with Crippen LogP contribution in [-0.2, 0) is 21.8 Å². The number of allylic oxidation sites excluding steroid dienone is 1. The van der Waals surface area contributed by atoms with Crippen molar-refractivity contribution in [3.8, 4) is 22.5 Å². The highest BCUT2D eigenvalue weighted by Gasteiger charge is 2.36. The highest BCUT2D eigenvalue weighted by Crippen LogP contribution is 2.31. The van der Waals surface area contributed by atoms with Crippen LogP contribution in [0.5, 0.6) is 0 Å². The summed E-state index contributed by atoms with van der Waals surface area (Å²) in [5.74, 6) is 0.907. The molecule has 0 saturated carbocycles. The summed E-state index contributed by atoms with van der Waals surface area (Å²) in [5, 5.41) is 19.3. The first kappa shape index (κ1) is 24.4. The number of hydrogen-bond donors (Lipinski definition) is 1. The molecule has 0 aliphatic heterocycles. The number of ether oxygens (including phenoxy) is 2. The molecule has 182 valence electrons. The zero-order valence-corrected chi connectivity index (χ0v) is 20.6. The molecule has 0 atom stereocenters. The summed E-state index contributed by atoms with van der Waals surface area (Å²) in [7, 11) is 3.26. The minimum atomic E-state index is -0.961. The number of H-pyrrole nitrogens is 1. The van der Waals surface area contributed by atoms with Gasteiger partial charge in [-0.2, -0.15) is 5.21 Å². The third-order valence-corrected chi connectivity index (χ3v) is 5.89. The SMILES string of the molecule is CC/C=C/c1nc(C(CCC)(OC)OC)nn1Cc1ccc(-c2ccccc2-c2nn[nH]n2)cc1. The Bertz CT molecular complexity index is 1240. The van der Waals surface area contributed by atoms with Gasteiger partial charge in [-0.05, 0) is 34.4 Å². The maximum Gasteiger partial charge on any atom is 0.231 e. The van der Waals surface area contributed by atoms with Crippen LogP contribution in [0, 0.1) is 0 Å². The Hall–Kier alpha value is -3.69. The lowest BCUT2D eigenvalue weighted by atomic mass is 9.98. The lowest BCUT2D eigenvalue weighted by Crippen LogP contribution is -2.32. The van der Waals surface area contributed by atoms with E-state index in [1.165, 1.54) is 0 Å². The number of nitrogens with one attached hydrogen (secondary N) is 1. The van der Waals surface area contributed by atoms with Gasteiger partial charge >= 0.3 is 0 Å². The zero-order chi connectivity index (χ0) is 24.7. The van der Waals surface area contributed by atoms with Crippen LogP contribution >= 0.6 is 0 Å². The first-order valence-corrected chi connectivity index (χ1v) is 11.8. The Balaban J connectivity index is 1.64. The van der Waals surface area contributed by atoms with Gasteiger partial charge < -0.3 is 9.47 Å². The van der Waals surface area contributed by atoms with Gasteiger partial charge in [-0.15, -0.1) is 15.3 Å². The van der Waals surface area contributed by atoms with E-state index in [2.05, 4.69) is 70.9 Å². The molecule has 1 N–H and O–H groups in total. The average Bonchev–Trinajstić information content (AvgIpc) is 3.57. The number of rotatable bonds is 11. The van der Waals surface area contributed by atoms with E-state index < -0.39 is 5.79 Å². The molecule has 35 heavy (non-hydrogen) atoms. The van der Waals surface area contributed by atoms with E-state index in [9.17, 15) is 0 Å². The second kappa shape index (κ2) is 11.2. The van der Waals surface area contributed by atoms with Gasteiger partial charge in [-0.3, -0.25) is 0 Å². The molecule has 0 amide bonds. The third-order valence-electron chi connectivity index (χ3n) is 5.89. The maximum atomic E-state index is 5.74. The zero-order valence-electron chi connectivity index (χ0n) is 20.6. The molecular formula is C26H31N7O2. The molecule has 0 unspecified atom stereocenters. The fourth-order valence-electron chi connectivity index (χ4n) is 4.06. The minimum Gasteiger partial charge on any atom is -0.347 e. The fourth-order valence-corrected chi connectivity index (χ4v) is 4.06. The summed E-state index contributed by atoms with van der Waals surface area (Å²) in [5.41, 5.74) is 4.14. The van der Waals surface area contributed by atoms with Crippen molar-refractivity contribution in [1.82, 2.24) is 35.4 Å². The molecule has 4 rings (SSSR count). The number of benzene rings is 2. The Labute approximate surface area is 205 Å². The smallest absolute Gasteiger partial charge is 0.231 e. The van der Waals surface area contributed by atoms with Gasteiger partial charge in [0.1, 0.15) is 0 Å². The van der Waals surface area contributed by atoms with Crippen LogP contribution < -0.4 is 0 Å². The predicted octanol–water partition coefficient (Wildman–Crippen LogP) is 4.84. The van der Waals surface area contributed by atoms with Gasteiger partial charge in [-0.1, -0.05) is 74.9 Å². The summed E-state index contributed by atoms with van der Waals surface area (Å²) >= 11 is 0. The van der Waals surface area contributed by atoms with Crippen molar-refractivity contribution < 1.29 is 9.47 Å². The standard InChI is InChI=1S/C26H31N7O2/c1-5-7-12-23-27-25(26(34-3,35-4)17-6-2)30-33(23)18-19-13-15-20(16-14-19)21-10-8-9-11-22(21)24-28-31-32-29-24/h7-16H,5-6,17-18H2,1-4H3,(H,28,29,31,32)/b12-7+. The van der Waals surface area contributed by atoms with Crippen LogP contribution in [0.1, 0.15) is 50.3 Å². The first-order valence-electron chi connectivity index (χ1n) is 11.8. The van der Waals surface area contributed by atoms with E-state index in [0.717, 1.165) is 40.9 Å². The van der Waals surface area contributed by atoms with Crippen LogP contribution in [0.4, 0.5) is 0 Å². The van der Waals surface area contributed by atoms with Gasteiger partial charge in [0.25, 0.3) is 0 Å². The Kier molecular flexibility index (Phi) is 7.79. The molecule has 0 radical (unpaired) electrons. The number of aromatic nitrogens is 7.